The van der Waals surface area contributed by atoms with Gasteiger partial charge in [-0.3, -0.25) is 9.05 Å². The molecule has 0 unspecified atom stereocenters. The second kappa shape index (κ2) is 9.69. The normalized spacial score (nSPS) is 13.9. The lowest BCUT2D eigenvalue weighted by atomic mass is 10.3. The summed E-state index contributed by atoms with van der Waals surface area (Å²) >= 11 is 0. The van der Waals surface area contributed by atoms with Crippen molar-refractivity contribution in [2.75, 3.05) is 13.2 Å². The van der Waals surface area contributed by atoms with Crippen LogP contribution in [0.2, 0.25) is 0 Å². The van der Waals surface area contributed by atoms with E-state index in [0.29, 0.717) is 0 Å². The maximum Gasteiger partial charge on any atom is 0.423 e. The van der Waals surface area contributed by atoms with Gasteiger partial charge < -0.3 is 4.57 Å². The van der Waals surface area contributed by atoms with Crippen LogP contribution in [0.25, 0.3) is 0 Å². The van der Waals surface area contributed by atoms with Gasteiger partial charge >= 0.3 is 20.1 Å². The lowest BCUT2D eigenvalue weighted by Gasteiger charge is -2.44. The van der Waals surface area contributed by atoms with Crippen LogP contribution in [0.5, 0.6) is 0 Å². The predicted molar refractivity (Wildman–Crippen MR) is 109 cm³/mol. The van der Waals surface area contributed by atoms with E-state index in [0.717, 1.165) is 53.6 Å². The number of halogens is 6. The predicted octanol–water partition coefficient (Wildman–Crippen LogP) is 5.59. The lowest BCUT2D eigenvalue weighted by molar-refractivity contribution is -0.272. The van der Waals surface area contributed by atoms with Crippen LogP contribution in [0.1, 0.15) is 13.8 Å². The zero-order chi connectivity index (χ0) is 24.3. The van der Waals surface area contributed by atoms with Gasteiger partial charge in [0, 0.05) is 10.6 Å². The molecule has 0 aliphatic heterocycles. The van der Waals surface area contributed by atoms with Crippen LogP contribution in [0, 0.1) is 0 Å². The van der Waals surface area contributed by atoms with E-state index in [1.54, 1.807) is 0 Å². The zero-order valence-corrected chi connectivity index (χ0v) is 18.8. The van der Waals surface area contributed by atoms with E-state index in [-0.39, 0.29) is 0 Å². The molecule has 0 aliphatic rings. The summed E-state index contributed by atoms with van der Waals surface area (Å²) in [7, 11) is -11.0. The molecule has 2 aromatic carbocycles. The summed E-state index contributed by atoms with van der Waals surface area (Å²) < 4.78 is 124. The highest BCUT2D eigenvalue weighted by Crippen LogP contribution is 2.70. The molecule has 0 heterocycles. The monoisotopic (exact) mass is 503 g/mol. The van der Waals surface area contributed by atoms with E-state index < -0.39 is 56.3 Å². The van der Waals surface area contributed by atoms with Crippen molar-refractivity contribution < 1.29 is 44.5 Å². The summed E-state index contributed by atoms with van der Waals surface area (Å²) in [5.74, 6) is 0. The second-order valence-corrected chi connectivity index (χ2v) is 11.1. The molecule has 0 fully saturated rings. The first-order chi connectivity index (χ1) is 14.8. The SMILES string of the molecule is CCOP(=O)(NC(C(F)(F)F)(C(F)(F)F)P(=O)(c1ccccc1)c1ccccc1)OCC. The quantitative estimate of drug-likeness (QED) is 0.357. The van der Waals surface area contributed by atoms with E-state index >= 15 is 0 Å². The van der Waals surface area contributed by atoms with Gasteiger partial charge in [0.05, 0.1) is 13.2 Å². The standard InChI is InChI=1S/C19H21F6NO4P2/c1-3-29-32(28,30-4-2)26-17(18(20,21)22,19(23,24)25)31(27,15-11-7-5-8-12-15)16-13-9-6-10-14-16/h5-14H,3-4H2,1-2H3,(H,26,28). The molecule has 0 aliphatic carbocycles. The van der Waals surface area contributed by atoms with E-state index in [1.807, 2.05) is 0 Å². The molecule has 32 heavy (non-hydrogen) atoms. The molecule has 0 spiro atoms. The van der Waals surface area contributed by atoms with E-state index in [9.17, 15) is 35.5 Å². The van der Waals surface area contributed by atoms with Crippen molar-refractivity contribution in [2.45, 2.75) is 31.5 Å². The lowest BCUT2D eigenvalue weighted by Crippen LogP contribution is -2.67. The Morgan fingerprint density at radius 3 is 1.34 bits per heavy atom. The Bertz CT molecular complexity index is 915. The largest absolute Gasteiger partial charge is 0.423 e. The van der Waals surface area contributed by atoms with E-state index in [1.165, 1.54) is 26.0 Å². The molecule has 0 amide bonds. The topological polar surface area (TPSA) is 64.6 Å². The van der Waals surface area contributed by atoms with Crippen molar-refractivity contribution in [3.8, 4) is 0 Å². The van der Waals surface area contributed by atoms with Crippen molar-refractivity contribution in [3.63, 3.8) is 0 Å². The molecule has 2 aromatic rings. The molecule has 2 rings (SSSR count). The Morgan fingerprint density at radius 2 is 1.06 bits per heavy atom. The molecule has 0 aromatic heterocycles. The third-order valence-electron chi connectivity index (χ3n) is 4.43. The van der Waals surface area contributed by atoms with Gasteiger partial charge in [-0.15, -0.1) is 0 Å². The molecule has 0 saturated carbocycles. The average Bonchev–Trinajstić information content (AvgIpc) is 2.71. The molecule has 0 bridgehead atoms. The Hall–Kier alpha value is -1.64. The number of hydrogen-bond donors (Lipinski definition) is 1. The van der Waals surface area contributed by atoms with Gasteiger partial charge in [0.2, 0.25) is 0 Å². The number of hydrogen-bond acceptors (Lipinski definition) is 4. The van der Waals surface area contributed by atoms with Crippen molar-refractivity contribution >= 4 is 25.5 Å². The summed E-state index contributed by atoms with van der Waals surface area (Å²) in [6, 6.07) is 10.9. The van der Waals surface area contributed by atoms with Crippen LogP contribution < -0.4 is 15.7 Å². The minimum atomic E-state index is -6.24. The molecular weight excluding hydrogens is 482 g/mol. The van der Waals surface area contributed by atoms with Crippen LogP contribution in [-0.4, -0.2) is 30.8 Å². The van der Waals surface area contributed by atoms with Gasteiger partial charge in [0.25, 0.3) is 5.28 Å². The second-order valence-electron chi connectivity index (χ2n) is 6.43. The first kappa shape index (κ1) is 26.6. The molecule has 0 radical (unpaired) electrons. The van der Waals surface area contributed by atoms with Gasteiger partial charge in [-0.1, -0.05) is 60.7 Å². The van der Waals surface area contributed by atoms with Gasteiger partial charge in [-0.05, 0) is 13.8 Å². The van der Waals surface area contributed by atoms with Crippen molar-refractivity contribution in [2.24, 2.45) is 0 Å². The first-order valence-electron chi connectivity index (χ1n) is 9.32. The maximum absolute atomic E-state index is 14.6. The zero-order valence-electron chi connectivity index (χ0n) is 17.0. The van der Waals surface area contributed by atoms with E-state index in [2.05, 4.69) is 9.05 Å². The van der Waals surface area contributed by atoms with Gasteiger partial charge in [0.15, 0.2) is 7.14 Å². The third kappa shape index (κ3) is 4.68. The third-order valence-corrected chi connectivity index (χ3v) is 10.0. The molecule has 1 N–H and O–H groups in total. The fraction of sp³-hybridized carbons (Fsp3) is 0.368. The van der Waals surface area contributed by atoms with Gasteiger partial charge in [-0.2, -0.15) is 31.4 Å². The Kier molecular flexibility index (Phi) is 8.06. The highest BCUT2D eigenvalue weighted by Gasteiger charge is 2.81. The van der Waals surface area contributed by atoms with Crippen LogP contribution >= 0.6 is 14.9 Å². The minimum absolute atomic E-state index is 0.531. The van der Waals surface area contributed by atoms with E-state index in [4.69, 9.17) is 0 Å². The average molecular weight is 503 g/mol. The number of alkyl halides is 6. The fourth-order valence-electron chi connectivity index (χ4n) is 3.17. The Labute approximate surface area is 181 Å². The highest BCUT2D eigenvalue weighted by atomic mass is 31.2. The molecule has 178 valence electrons. The molecule has 13 heteroatoms. The Morgan fingerprint density at radius 1 is 0.719 bits per heavy atom. The number of benzene rings is 2. The summed E-state index contributed by atoms with van der Waals surface area (Å²) in [6.07, 6.45) is -12.5. The van der Waals surface area contributed by atoms with Crippen molar-refractivity contribution in [3.05, 3.63) is 60.7 Å². The van der Waals surface area contributed by atoms with Crippen molar-refractivity contribution in [1.29, 1.82) is 0 Å². The van der Waals surface area contributed by atoms with Gasteiger partial charge in [0.1, 0.15) is 0 Å². The van der Waals surface area contributed by atoms with Crippen LogP contribution in [0.3, 0.4) is 0 Å². The smallest absolute Gasteiger partial charge is 0.311 e. The molecule has 0 atom stereocenters. The minimum Gasteiger partial charge on any atom is -0.311 e. The highest BCUT2D eigenvalue weighted by molar-refractivity contribution is 7.80. The Balaban J connectivity index is 3.05. The first-order valence-corrected chi connectivity index (χ1v) is 12.6. The molecular formula is C19H21F6NO4P2. The van der Waals surface area contributed by atoms with Crippen LogP contribution in [0.15, 0.2) is 60.7 Å². The molecule has 5 nitrogen and oxygen atoms in total. The summed E-state index contributed by atoms with van der Waals surface area (Å²) in [5, 5.41) is -5.61. The number of nitrogens with one attached hydrogen (secondary N) is 1. The summed E-state index contributed by atoms with van der Waals surface area (Å²) in [5.41, 5.74) is 0. The van der Waals surface area contributed by atoms with Crippen LogP contribution in [-0.2, 0) is 18.2 Å². The van der Waals surface area contributed by atoms with Crippen molar-refractivity contribution in [1.82, 2.24) is 5.09 Å². The fourth-order valence-corrected chi connectivity index (χ4v) is 8.60. The number of rotatable bonds is 9. The van der Waals surface area contributed by atoms with Gasteiger partial charge in [-0.25, -0.2) is 4.57 Å². The maximum atomic E-state index is 14.6. The van der Waals surface area contributed by atoms with Crippen LogP contribution in [0.4, 0.5) is 26.3 Å². The summed E-state index contributed by atoms with van der Waals surface area (Å²) in [6.45, 7) is 1.36. The molecule has 0 saturated heterocycles. The summed E-state index contributed by atoms with van der Waals surface area (Å²) in [4.78, 5) is 0.